The molecule has 1 aliphatic rings. The Morgan fingerprint density at radius 1 is 1.17 bits per heavy atom. The van der Waals surface area contributed by atoms with Crippen LogP contribution in [-0.4, -0.2) is 42.3 Å². The summed E-state index contributed by atoms with van der Waals surface area (Å²) in [5.74, 6) is -0.857. The maximum Gasteiger partial charge on any atom is 0.254 e. The molecule has 0 aromatic heterocycles. The van der Waals surface area contributed by atoms with E-state index < -0.39 is 0 Å². The Kier molecular flexibility index (Phi) is 6.98. The Balaban J connectivity index is 1.47. The van der Waals surface area contributed by atoms with Gasteiger partial charge in [-0.15, -0.1) is 0 Å². The van der Waals surface area contributed by atoms with E-state index in [2.05, 4.69) is 26.6 Å². The van der Waals surface area contributed by atoms with Gasteiger partial charge in [-0.05, 0) is 41.8 Å². The van der Waals surface area contributed by atoms with Crippen molar-refractivity contribution in [3.63, 3.8) is 0 Å². The number of nitrogens with zero attached hydrogens (tertiary/aromatic N) is 1. The van der Waals surface area contributed by atoms with Gasteiger partial charge in [0.25, 0.3) is 5.91 Å². The number of carbonyl (C=O) groups excluding carboxylic acids is 3. The third-order valence-electron chi connectivity index (χ3n) is 4.65. The van der Waals surface area contributed by atoms with E-state index in [1.165, 1.54) is 11.0 Å². The molecule has 0 radical (unpaired) electrons. The molecule has 1 aliphatic heterocycles. The van der Waals surface area contributed by atoms with Gasteiger partial charge >= 0.3 is 0 Å². The summed E-state index contributed by atoms with van der Waals surface area (Å²) >= 11 is 3.21. The largest absolute Gasteiger partial charge is 0.353 e. The average molecular weight is 462 g/mol. The van der Waals surface area contributed by atoms with Crippen molar-refractivity contribution in [3.05, 3.63) is 69.4 Å². The predicted octanol–water partition coefficient (Wildman–Crippen LogP) is 2.41. The SMILES string of the molecule is O=C(CCc1ccc(Br)cc1F)NCc1ccc(C(=O)N2CCNC(=O)C2)cc1. The minimum atomic E-state index is -0.335. The van der Waals surface area contributed by atoms with Gasteiger partial charge < -0.3 is 15.5 Å². The fourth-order valence-corrected chi connectivity index (χ4v) is 3.35. The van der Waals surface area contributed by atoms with Crippen LogP contribution in [0, 0.1) is 5.82 Å². The molecule has 6 nitrogen and oxygen atoms in total. The van der Waals surface area contributed by atoms with Crippen molar-refractivity contribution in [2.75, 3.05) is 19.6 Å². The molecule has 0 bridgehead atoms. The number of piperazine rings is 1. The van der Waals surface area contributed by atoms with Crippen molar-refractivity contribution in [3.8, 4) is 0 Å². The molecule has 0 spiro atoms. The number of aryl methyl sites for hydroxylation is 1. The lowest BCUT2D eigenvalue weighted by Crippen LogP contribution is -2.49. The van der Waals surface area contributed by atoms with Crippen molar-refractivity contribution in [2.45, 2.75) is 19.4 Å². The van der Waals surface area contributed by atoms with E-state index in [1.54, 1.807) is 36.4 Å². The second kappa shape index (κ2) is 9.65. The highest BCUT2D eigenvalue weighted by Crippen LogP contribution is 2.16. The van der Waals surface area contributed by atoms with Crippen molar-refractivity contribution in [2.24, 2.45) is 0 Å². The fourth-order valence-electron chi connectivity index (χ4n) is 3.02. The predicted molar refractivity (Wildman–Crippen MR) is 110 cm³/mol. The molecule has 1 heterocycles. The van der Waals surface area contributed by atoms with Gasteiger partial charge in [0.1, 0.15) is 5.82 Å². The van der Waals surface area contributed by atoms with Gasteiger partial charge in [-0.2, -0.15) is 0 Å². The lowest BCUT2D eigenvalue weighted by Gasteiger charge is -2.26. The molecule has 2 aromatic carbocycles. The first-order valence-electron chi connectivity index (χ1n) is 9.28. The molecule has 2 aromatic rings. The number of nitrogens with one attached hydrogen (secondary N) is 2. The van der Waals surface area contributed by atoms with Gasteiger partial charge in [0.15, 0.2) is 0 Å². The quantitative estimate of drug-likeness (QED) is 0.693. The van der Waals surface area contributed by atoms with Crippen molar-refractivity contribution >= 4 is 33.7 Å². The first kappa shape index (κ1) is 21.0. The van der Waals surface area contributed by atoms with E-state index in [1.807, 2.05) is 0 Å². The van der Waals surface area contributed by atoms with Gasteiger partial charge in [0.05, 0.1) is 6.54 Å². The van der Waals surface area contributed by atoms with Gasteiger partial charge in [0.2, 0.25) is 11.8 Å². The minimum Gasteiger partial charge on any atom is -0.353 e. The standard InChI is InChI=1S/C21H21BrFN3O3/c22-17-7-5-15(18(23)11-17)6-8-19(27)25-12-14-1-3-16(4-2-14)21(29)26-10-9-24-20(28)13-26/h1-5,7,11H,6,8-10,12-13H2,(H,24,28)(H,25,27). The van der Waals surface area contributed by atoms with Crippen LogP contribution in [0.1, 0.15) is 27.9 Å². The summed E-state index contributed by atoms with van der Waals surface area (Å²) in [7, 11) is 0. The molecule has 0 saturated carbocycles. The van der Waals surface area contributed by atoms with E-state index in [0.29, 0.717) is 41.7 Å². The highest BCUT2D eigenvalue weighted by molar-refractivity contribution is 9.10. The average Bonchev–Trinajstić information content (AvgIpc) is 2.71. The van der Waals surface area contributed by atoms with Crippen molar-refractivity contribution in [1.29, 1.82) is 0 Å². The van der Waals surface area contributed by atoms with E-state index in [-0.39, 0.29) is 36.5 Å². The van der Waals surface area contributed by atoms with Crippen LogP contribution in [0.2, 0.25) is 0 Å². The van der Waals surface area contributed by atoms with E-state index >= 15 is 0 Å². The summed E-state index contributed by atoms with van der Waals surface area (Å²) in [6.07, 6.45) is 0.508. The van der Waals surface area contributed by atoms with Gasteiger partial charge in [0, 0.05) is 36.1 Å². The molecule has 29 heavy (non-hydrogen) atoms. The molecule has 1 fully saturated rings. The Morgan fingerprint density at radius 2 is 1.93 bits per heavy atom. The Morgan fingerprint density at radius 3 is 2.62 bits per heavy atom. The van der Waals surface area contributed by atoms with E-state index in [4.69, 9.17) is 0 Å². The Bertz CT molecular complexity index is 918. The highest BCUT2D eigenvalue weighted by atomic mass is 79.9. The van der Waals surface area contributed by atoms with Gasteiger partial charge in [-0.25, -0.2) is 4.39 Å². The lowest BCUT2D eigenvalue weighted by molar-refractivity contribution is -0.123. The Hall–Kier alpha value is -2.74. The third kappa shape index (κ3) is 5.87. The zero-order chi connectivity index (χ0) is 20.8. The van der Waals surface area contributed by atoms with E-state index in [9.17, 15) is 18.8 Å². The molecule has 3 amide bonds. The van der Waals surface area contributed by atoms with Crippen molar-refractivity contribution < 1.29 is 18.8 Å². The number of amides is 3. The Labute approximate surface area is 176 Å². The maximum absolute atomic E-state index is 13.8. The fraction of sp³-hybridized carbons (Fsp3) is 0.286. The zero-order valence-electron chi connectivity index (χ0n) is 15.7. The molecule has 0 unspecified atom stereocenters. The molecular weight excluding hydrogens is 441 g/mol. The number of benzene rings is 2. The summed E-state index contributed by atoms with van der Waals surface area (Å²) in [6, 6.07) is 11.7. The van der Waals surface area contributed by atoms with Crippen LogP contribution < -0.4 is 10.6 Å². The van der Waals surface area contributed by atoms with Gasteiger partial charge in [-0.1, -0.05) is 34.1 Å². The van der Waals surface area contributed by atoms with Crippen LogP contribution >= 0.6 is 15.9 Å². The molecular formula is C21H21BrFN3O3. The zero-order valence-corrected chi connectivity index (χ0v) is 17.3. The first-order chi connectivity index (χ1) is 13.9. The molecule has 3 rings (SSSR count). The van der Waals surface area contributed by atoms with E-state index in [0.717, 1.165) is 5.56 Å². The number of hydrogen-bond acceptors (Lipinski definition) is 3. The van der Waals surface area contributed by atoms with Crippen LogP contribution in [0.4, 0.5) is 4.39 Å². The number of rotatable bonds is 6. The van der Waals surface area contributed by atoms with Crippen molar-refractivity contribution in [1.82, 2.24) is 15.5 Å². The lowest BCUT2D eigenvalue weighted by atomic mass is 10.1. The number of halogens is 2. The molecule has 2 N–H and O–H groups in total. The molecule has 0 aliphatic carbocycles. The van der Waals surface area contributed by atoms with Gasteiger partial charge in [-0.3, -0.25) is 14.4 Å². The van der Waals surface area contributed by atoms with Crippen LogP contribution in [0.15, 0.2) is 46.9 Å². The second-order valence-corrected chi connectivity index (χ2v) is 7.70. The van der Waals surface area contributed by atoms with Crippen LogP contribution in [0.25, 0.3) is 0 Å². The summed E-state index contributed by atoms with van der Waals surface area (Å²) in [5, 5.41) is 5.48. The van der Waals surface area contributed by atoms with Crippen LogP contribution in [0.3, 0.4) is 0 Å². The minimum absolute atomic E-state index is 0.0651. The molecule has 0 atom stereocenters. The second-order valence-electron chi connectivity index (χ2n) is 6.79. The number of carbonyl (C=O) groups is 3. The molecule has 8 heteroatoms. The maximum atomic E-state index is 13.8. The van der Waals surface area contributed by atoms with Crippen LogP contribution in [-0.2, 0) is 22.6 Å². The topological polar surface area (TPSA) is 78.5 Å². The monoisotopic (exact) mass is 461 g/mol. The normalized spacial score (nSPS) is 13.7. The summed E-state index contributed by atoms with van der Waals surface area (Å²) in [6.45, 7) is 1.33. The summed E-state index contributed by atoms with van der Waals surface area (Å²) in [5.41, 5.74) is 1.85. The highest BCUT2D eigenvalue weighted by Gasteiger charge is 2.22. The number of hydrogen-bond donors (Lipinski definition) is 2. The summed E-state index contributed by atoms with van der Waals surface area (Å²) < 4.78 is 14.5. The van der Waals surface area contributed by atoms with Crippen LogP contribution in [0.5, 0.6) is 0 Å². The third-order valence-corrected chi connectivity index (χ3v) is 5.15. The molecule has 152 valence electrons. The smallest absolute Gasteiger partial charge is 0.254 e. The molecule has 1 saturated heterocycles. The summed E-state index contributed by atoms with van der Waals surface area (Å²) in [4.78, 5) is 37.4. The first-order valence-corrected chi connectivity index (χ1v) is 10.1.